The van der Waals surface area contributed by atoms with Crippen molar-refractivity contribution in [3.63, 3.8) is 0 Å². The van der Waals surface area contributed by atoms with Gasteiger partial charge in [0.15, 0.2) is 5.82 Å². The van der Waals surface area contributed by atoms with Crippen LogP contribution in [0.3, 0.4) is 0 Å². The fraction of sp³-hybridized carbons (Fsp3) is 0.130. The zero-order valence-corrected chi connectivity index (χ0v) is 16.1. The molecule has 0 spiro atoms. The number of anilines is 1. The minimum Gasteiger partial charge on any atom is -0.457 e. The van der Waals surface area contributed by atoms with Gasteiger partial charge in [-0.2, -0.15) is 0 Å². The lowest BCUT2D eigenvalue weighted by Gasteiger charge is -2.12. The van der Waals surface area contributed by atoms with E-state index >= 15 is 0 Å². The Morgan fingerprint density at radius 1 is 0.967 bits per heavy atom. The monoisotopic (exact) mass is 397 g/mol. The molecule has 1 heterocycles. The Morgan fingerprint density at radius 2 is 1.77 bits per heavy atom. The predicted molar refractivity (Wildman–Crippen MR) is 112 cm³/mol. The Balaban J connectivity index is 1.38. The van der Waals surface area contributed by atoms with Crippen LogP contribution in [0.1, 0.15) is 29.2 Å². The molecule has 1 N–H and O–H groups in total. The van der Waals surface area contributed by atoms with Crippen LogP contribution in [-0.2, 0) is 0 Å². The molecule has 1 aromatic heterocycles. The highest BCUT2D eigenvalue weighted by Crippen LogP contribution is 2.37. The molecule has 3 aromatic carbocycles. The molecule has 148 valence electrons. The summed E-state index contributed by atoms with van der Waals surface area (Å²) in [5.41, 5.74) is 1.98. The number of carbonyl (C=O) groups is 1. The summed E-state index contributed by atoms with van der Waals surface area (Å²) in [6.45, 7) is 0. The van der Waals surface area contributed by atoms with Crippen molar-refractivity contribution in [1.82, 2.24) is 20.2 Å². The summed E-state index contributed by atoms with van der Waals surface area (Å²) in [6, 6.07) is 24.5. The van der Waals surface area contributed by atoms with Gasteiger partial charge in [0.05, 0.1) is 11.6 Å². The molecule has 0 radical (unpaired) electrons. The number of nitrogens with zero attached hydrogens (tertiary/aromatic N) is 4. The number of hydrogen-bond donors (Lipinski definition) is 1. The van der Waals surface area contributed by atoms with Crippen LogP contribution in [-0.4, -0.2) is 26.1 Å². The molecule has 0 unspecified atom stereocenters. The Morgan fingerprint density at radius 3 is 2.60 bits per heavy atom. The van der Waals surface area contributed by atoms with Gasteiger partial charge in [-0.05, 0) is 59.7 Å². The van der Waals surface area contributed by atoms with E-state index in [-0.39, 0.29) is 5.91 Å². The first-order valence-corrected chi connectivity index (χ1v) is 9.79. The summed E-state index contributed by atoms with van der Waals surface area (Å²) in [5.74, 6) is 1.63. The van der Waals surface area contributed by atoms with Gasteiger partial charge < -0.3 is 10.1 Å². The van der Waals surface area contributed by atoms with E-state index in [1.165, 1.54) is 0 Å². The zero-order chi connectivity index (χ0) is 20.3. The number of amides is 1. The maximum absolute atomic E-state index is 13.0. The highest BCUT2D eigenvalue weighted by atomic mass is 16.5. The van der Waals surface area contributed by atoms with Crippen LogP contribution in [0.2, 0.25) is 0 Å². The molecule has 0 bridgehead atoms. The average molecular weight is 397 g/mol. The van der Waals surface area contributed by atoms with Crippen molar-refractivity contribution in [2.75, 3.05) is 5.32 Å². The minimum atomic E-state index is -0.250. The summed E-state index contributed by atoms with van der Waals surface area (Å²) in [4.78, 5) is 13.0. The van der Waals surface area contributed by atoms with Crippen molar-refractivity contribution >= 4 is 11.6 Å². The lowest BCUT2D eigenvalue weighted by atomic mass is 10.1. The van der Waals surface area contributed by atoms with E-state index in [9.17, 15) is 4.79 Å². The molecule has 5 rings (SSSR count). The third-order valence-corrected chi connectivity index (χ3v) is 4.87. The van der Waals surface area contributed by atoms with Crippen LogP contribution in [0.15, 0.2) is 78.9 Å². The fourth-order valence-electron chi connectivity index (χ4n) is 3.24. The maximum atomic E-state index is 13.0. The molecule has 0 aliphatic heterocycles. The molecule has 7 nitrogen and oxygen atoms in total. The van der Waals surface area contributed by atoms with Crippen LogP contribution in [0.4, 0.5) is 5.69 Å². The molecule has 1 aliphatic rings. The molecule has 30 heavy (non-hydrogen) atoms. The number of para-hydroxylation sites is 2. The number of hydrogen-bond acceptors (Lipinski definition) is 5. The lowest BCUT2D eigenvalue weighted by molar-refractivity contribution is 0.102. The SMILES string of the molecule is O=C(Nc1cccc(-c2nnnn2C2CC2)c1)c1ccccc1Oc1ccccc1. The standard InChI is InChI=1S/C23H19N5O2/c29-23(20-11-4-5-12-21(20)30-19-9-2-1-3-10-19)24-17-8-6-7-16(15-17)22-25-26-27-28(22)18-13-14-18/h1-12,15,18H,13-14H2,(H,24,29). The molecular weight excluding hydrogens is 378 g/mol. The molecule has 1 saturated carbocycles. The summed E-state index contributed by atoms with van der Waals surface area (Å²) in [5, 5.41) is 15.0. The van der Waals surface area contributed by atoms with Crippen molar-refractivity contribution in [2.45, 2.75) is 18.9 Å². The molecule has 0 atom stereocenters. The van der Waals surface area contributed by atoms with Gasteiger partial charge in [0.25, 0.3) is 5.91 Å². The van der Waals surface area contributed by atoms with E-state index in [1.807, 2.05) is 71.4 Å². The van der Waals surface area contributed by atoms with Gasteiger partial charge >= 0.3 is 0 Å². The van der Waals surface area contributed by atoms with E-state index in [1.54, 1.807) is 12.1 Å². The zero-order valence-electron chi connectivity index (χ0n) is 16.1. The second kappa shape index (κ2) is 7.79. The largest absolute Gasteiger partial charge is 0.457 e. The van der Waals surface area contributed by atoms with Gasteiger partial charge in [0, 0.05) is 11.3 Å². The van der Waals surface area contributed by atoms with Crippen LogP contribution in [0.25, 0.3) is 11.4 Å². The molecule has 1 fully saturated rings. The van der Waals surface area contributed by atoms with E-state index in [4.69, 9.17) is 4.74 Å². The highest BCUT2D eigenvalue weighted by Gasteiger charge is 2.28. The second-order valence-corrected chi connectivity index (χ2v) is 7.12. The van der Waals surface area contributed by atoms with Gasteiger partial charge in [0.2, 0.25) is 0 Å². The van der Waals surface area contributed by atoms with E-state index < -0.39 is 0 Å². The van der Waals surface area contributed by atoms with Crippen molar-refractivity contribution in [3.05, 3.63) is 84.4 Å². The topological polar surface area (TPSA) is 81.9 Å². The number of carbonyl (C=O) groups excluding carboxylic acids is 1. The van der Waals surface area contributed by atoms with Crippen LogP contribution < -0.4 is 10.1 Å². The Kier molecular flexibility index (Phi) is 4.69. The molecule has 0 saturated heterocycles. The number of ether oxygens (including phenoxy) is 1. The Labute approximate surface area is 173 Å². The first kappa shape index (κ1) is 18.1. The van der Waals surface area contributed by atoms with Gasteiger partial charge in [-0.15, -0.1) is 5.10 Å². The number of benzene rings is 3. The third kappa shape index (κ3) is 3.77. The van der Waals surface area contributed by atoms with Gasteiger partial charge in [-0.1, -0.05) is 42.5 Å². The smallest absolute Gasteiger partial charge is 0.259 e. The number of tetrazole rings is 1. The first-order chi connectivity index (χ1) is 14.8. The van der Waals surface area contributed by atoms with E-state index in [0.717, 1.165) is 18.4 Å². The van der Waals surface area contributed by atoms with Crippen LogP contribution in [0, 0.1) is 0 Å². The number of rotatable bonds is 6. The van der Waals surface area contributed by atoms with E-state index in [0.29, 0.717) is 34.6 Å². The molecular formula is C23H19N5O2. The van der Waals surface area contributed by atoms with Crippen LogP contribution in [0.5, 0.6) is 11.5 Å². The summed E-state index contributed by atoms with van der Waals surface area (Å²) in [7, 11) is 0. The van der Waals surface area contributed by atoms with Crippen molar-refractivity contribution in [2.24, 2.45) is 0 Å². The predicted octanol–water partition coefficient (Wildman–Crippen LogP) is 4.72. The number of nitrogens with one attached hydrogen (secondary N) is 1. The second-order valence-electron chi connectivity index (χ2n) is 7.12. The fourth-order valence-corrected chi connectivity index (χ4v) is 3.24. The van der Waals surface area contributed by atoms with Gasteiger partial charge in [-0.3, -0.25) is 4.79 Å². The van der Waals surface area contributed by atoms with Gasteiger partial charge in [-0.25, -0.2) is 4.68 Å². The maximum Gasteiger partial charge on any atom is 0.259 e. The van der Waals surface area contributed by atoms with Crippen molar-refractivity contribution in [3.8, 4) is 22.9 Å². The van der Waals surface area contributed by atoms with E-state index in [2.05, 4.69) is 20.8 Å². The quantitative estimate of drug-likeness (QED) is 0.509. The highest BCUT2D eigenvalue weighted by molar-refractivity contribution is 6.06. The third-order valence-electron chi connectivity index (χ3n) is 4.87. The molecule has 7 heteroatoms. The number of aromatic nitrogens is 4. The molecule has 1 amide bonds. The van der Waals surface area contributed by atoms with Crippen molar-refractivity contribution in [1.29, 1.82) is 0 Å². The van der Waals surface area contributed by atoms with Gasteiger partial charge in [0.1, 0.15) is 11.5 Å². The summed E-state index contributed by atoms with van der Waals surface area (Å²) >= 11 is 0. The lowest BCUT2D eigenvalue weighted by Crippen LogP contribution is -2.13. The molecule has 4 aromatic rings. The normalized spacial score (nSPS) is 13.1. The Bertz CT molecular complexity index is 1180. The Hall–Kier alpha value is -4.00. The van der Waals surface area contributed by atoms with Crippen molar-refractivity contribution < 1.29 is 9.53 Å². The first-order valence-electron chi connectivity index (χ1n) is 9.79. The summed E-state index contributed by atoms with van der Waals surface area (Å²) in [6.07, 6.45) is 2.18. The summed E-state index contributed by atoms with van der Waals surface area (Å²) < 4.78 is 7.76. The van der Waals surface area contributed by atoms with Crippen LogP contribution >= 0.6 is 0 Å². The molecule has 1 aliphatic carbocycles. The average Bonchev–Trinajstić information content (AvgIpc) is 3.51. The minimum absolute atomic E-state index is 0.250.